The Morgan fingerprint density at radius 2 is 1.66 bits per heavy atom. The number of rotatable bonds is 6. The fourth-order valence-electron chi connectivity index (χ4n) is 7.11. The molecule has 4 saturated carbocycles. The first-order valence-electron chi connectivity index (χ1n) is 12.6. The predicted molar refractivity (Wildman–Crippen MR) is 142 cm³/mol. The van der Waals surface area contributed by atoms with Crippen molar-refractivity contribution in [2.45, 2.75) is 51.5 Å². The summed E-state index contributed by atoms with van der Waals surface area (Å²) in [5, 5.41) is 0. The van der Waals surface area contributed by atoms with Crippen LogP contribution in [0.4, 0.5) is 0 Å². The molecule has 1 saturated heterocycles. The second kappa shape index (κ2) is 9.00. The molecule has 0 radical (unpaired) electrons. The van der Waals surface area contributed by atoms with Crippen LogP contribution >= 0.6 is 24.0 Å². The monoisotopic (exact) mass is 509 g/mol. The Morgan fingerprint density at radius 1 is 1.03 bits per heavy atom. The van der Waals surface area contributed by atoms with Crippen LogP contribution in [0.5, 0.6) is 11.5 Å². The number of hydrogen-bond donors (Lipinski definition) is 0. The molecular formula is C28H31NO4S2. The third-order valence-electron chi connectivity index (χ3n) is 8.42. The summed E-state index contributed by atoms with van der Waals surface area (Å²) >= 11 is 7.20. The molecule has 4 aliphatic carbocycles. The van der Waals surface area contributed by atoms with E-state index in [1.807, 2.05) is 35.2 Å². The number of thiocarbonyl (C=S) groups is 1. The van der Waals surface area contributed by atoms with E-state index in [-0.39, 0.29) is 11.9 Å². The van der Waals surface area contributed by atoms with Gasteiger partial charge in [-0.05, 0) is 86.0 Å². The van der Waals surface area contributed by atoms with Crippen molar-refractivity contribution in [3.63, 3.8) is 0 Å². The smallest absolute Gasteiger partial charge is 0.266 e. The van der Waals surface area contributed by atoms with Crippen LogP contribution in [0.2, 0.25) is 0 Å². The number of benzene rings is 1. The quantitative estimate of drug-likeness (QED) is 0.325. The molecular weight excluding hydrogens is 478 g/mol. The number of ether oxygens (including phenoxy) is 2. The summed E-state index contributed by atoms with van der Waals surface area (Å²) in [7, 11) is 3.27. The Balaban J connectivity index is 1.30. The highest BCUT2D eigenvalue weighted by molar-refractivity contribution is 8.26. The van der Waals surface area contributed by atoms with Gasteiger partial charge in [-0.3, -0.25) is 9.69 Å². The zero-order valence-corrected chi connectivity index (χ0v) is 22.0. The van der Waals surface area contributed by atoms with E-state index in [2.05, 4.69) is 6.92 Å². The largest absolute Gasteiger partial charge is 0.497 e. The first-order valence-corrected chi connectivity index (χ1v) is 13.8. The number of carbonyl (C=O) groups is 1. The molecule has 1 aromatic heterocycles. The van der Waals surface area contributed by atoms with Crippen LogP contribution in [-0.4, -0.2) is 35.4 Å². The van der Waals surface area contributed by atoms with Crippen molar-refractivity contribution in [1.29, 1.82) is 0 Å². The fraction of sp³-hybridized carbons (Fsp3) is 0.500. The van der Waals surface area contributed by atoms with E-state index in [4.69, 9.17) is 26.1 Å². The highest BCUT2D eigenvalue weighted by Crippen LogP contribution is 2.56. The molecule has 7 heteroatoms. The van der Waals surface area contributed by atoms with Gasteiger partial charge in [0.1, 0.15) is 27.3 Å². The summed E-state index contributed by atoms with van der Waals surface area (Å²) in [6.07, 6.45) is 9.15. The molecule has 0 unspecified atom stereocenters. The maximum Gasteiger partial charge on any atom is 0.266 e. The number of thioether (sulfide) groups is 1. The van der Waals surface area contributed by atoms with Gasteiger partial charge in [-0.25, -0.2) is 0 Å². The maximum atomic E-state index is 13.7. The number of aryl methyl sites for hydroxylation is 1. The third-order valence-corrected chi connectivity index (χ3v) is 9.75. The number of carbonyl (C=O) groups excluding carboxylic acids is 1. The van der Waals surface area contributed by atoms with E-state index in [0.29, 0.717) is 32.6 Å². The fourth-order valence-corrected chi connectivity index (χ4v) is 8.42. The Labute approximate surface area is 216 Å². The second-order valence-corrected chi connectivity index (χ2v) is 12.1. The van der Waals surface area contributed by atoms with Crippen LogP contribution in [0.25, 0.3) is 17.4 Å². The minimum absolute atomic E-state index is 0.0560. The zero-order valence-electron chi connectivity index (χ0n) is 20.4. The van der Waals surface area contributed by atoms with E-state index < -0.39 is 0 Å². The van der Waals surface area contributed by atoms with Crippen molar-refractivity contribution in [2.24, 2.45) is 23.7 Å². The molecule has 1 aromatic carbocycles. The van der Waals surface area contributed by atoms with Crippen molar-refractivity contribution in [3.8, 4) is 22.8 Å². The van der Waals surface area contributed by atoms with Gasteiger partial charge >= 0.3 is 0 Å². The SMILES string of the molecule is CCc1cc(-c2cc(OC)cc(OC)c2)oc1/C=C1\SC(=S)N(C2C3CC4CC(C3)CC2C4)C1=O. The van der Waals surface area contributed by atoms with Crippen molar-refractivity contribution < 1.29 is 18.7 Å². The first kappa shape index (κ1) is 23.2. The number of hydrogen-bond acceptors (Lipinski definition) is 6. The minimum atomic E-state index is 0.0560. The van der Waals surface area contributed by atoms with Crippen molar-refractivity contribution in [3.05, 3.63) is 40.5 Å². The number of nitrogens with zero attached hydrogens (tertiary/aromatic N) is 1. The van der Waals surface area contributed by atoms with Crippen LogP contribution < -0.4 is 9.47 Å². The molecule has 5 nitrogen and oxygen atoms in total. The van der Waals surface area contributed by atoms with Crippen LogP contribution in [0, 0.1) is 23.7 Å². The van der Waals surface area contributed by atoms with E-state index in [9.17, 15) is 4.79 Å². The molecule has 7 rings (SSSR count). The molecule has 184 valence electrons. The average Bonchev–Trinajstić information content (AvgIpc) is 3.38. The van der Waals surface area contributed by atoms with Gasteiger partial charge in [0.05, 0.1) is 19.1 Å². The highest BCUT2D eigenvalue weighted by atomic mass is 32.2. The Kier molecular flexibility index (Phi) is 5.96. The van der Waals surface area contributed by atoms with Crippen molar-refractivity contribution in [1.82, 2.24) is 4.90 Å². The standard InChI is InChI=1S/C28H31NO4S2/c1-4-17-12-23(18-10-21(31-2)13-22(11-18)32-3)33-24(17)14-25-27(30)29(28(34)35-25)26-19-6-15-5-16(8-19)9-20(26)7-15/h10-16,19-20,26H,4-9H2,1-3H3/b25-14-. The Morgan fingerprint density at radius 3 is 2.23 bits per heavy atom. The van der Waals surface area contributed by atoms with E-state index in [1.165, 1.54) is 43.9 Å². The predicted octanol–water partition coefficient (Wildman–Crippen LogP) is 6.55. The van der Waals surface area contributed by atoms with Crippen LogP contribution in [0.3, 0.4) is 0 Å². The average molecular weight is 510 g/mol. The number of furan rings is 1. The summed E-state index contributed by atoms with van der Waals surface area (Å²) in [5.74, 6) is 5.85. The lowest BCUT2D eigenvalue weighted by molar-refractivity contribution is -0.130. The molecule has 0 atom stereocenters. The van der Waals surface area contributed by atoms with Gasteiger partial charge in [0, 0.05) is 23.7 Å². The molecule has 1 aliphatic heterocycles. The summed E-state index contributed by atoms with van der Waals surface area (Å²) in [6, 6.07) is 8.01. The van der Waals surface area contributed by atoms with Gasteiger partial charge in [0.25, 0.3) is 5.91 Å². The van der Waals surface area contributed by atoms with E-state index >= 15 is 0 Å². The molecule has 2 heterocycles. The molecule has 2 aromatic rings. The third kappa shape index (κ3) is 4.01. The first-order chi connectivity index (χ1) is 17.0. The molecule has 5 aliphatic rings. The summed E-state index contributed by atoms with van der Waals surface area (Å²) in [6.45, 7) is 2.10. The maximum absolute atomic E-state index is 13.7. The summed E-state index contributed by atoms with van der Waals surface area (Å²) < 4.78 is 17.9. The van der Waals surface area contributed by atoms with Gasteiger partial charge in [0.2, 0.25) is 0 Å². The molecule has 35 heavy (non-hydrogen) atoms. The molecule has 5 fully saturated rings. The van der Waals surface area contributed by atoms with Crippen LogP contribution in [-0.2, 0) is 11.2 Å². The van der Waals surface area contributed by atoms with Crippen molar-refractivity contribution in [2.75, 3.05) is 14.2 Å². The second-order valence-electron chi connectivity index (χ2n) is 10.4. The summed E-state index contributed by atoms with van der Waals surface area (Å²) in [4.78, 5) is 16.3. The zero-order chi connectivity index (χ0) is 24.3. The van der Waals surface area contributed by atoms with E-state index in [1.54, 1.807) is 14.2 Å². The summed E-state index contributed by atoms with van der Waals surface area (Å²) in [5.41, 5.74) is 1.93. The van der Waals surface area contributed by atoms with Gasteiger partial charge in [-0.1, -0.05) is 30.9 Å². The molecule has 1 amide bonds. The number of amides is 1. The lowest BCUT2D eigenvalue weighted by Crippen LogP contribution is -2.57. The Hall–Kier alpha value is -2.25. The van der Waals surface area contributed by atoms with E-state index in [0.717, 1.165) is 40.9 Å². The topological polar surface area (TPSA) is 51.9 Å². The lowest BCUT2D eigenvalue weighted by atomic mass is 9.54. The normalized spacial score (nSPS) is 30.5. The van der Waals surface area contributed by atoms with Crippen LogP contribution in [0.1, 0.15) is 50.4 Å². The lowest BCUT2D eigenvalue weighted by Gasteiger charge is -2.56. The van der Waals surface area contributed by atoms with Gasteiger partial charge in [0.15, 0.2) is 0 Å². The number of methoxy groups -OCH3 is 2. The Bertz CT molecular complexity index is 1170. The molecule has 0 spiro atoms. The minimum Gasteiger partial charge on any atom is -0.497 e. The van der Waals surface area contributed by atoms with Gasteiger partial charge in [-0.2, -0.15) is 0 Å². The van der Waals surface area contributed by atoms with Gasteiger partial charge in [-0.15, -0.1) is 0 Å². The van der Waals surface area contributed by atoms with Gasteiger partial charge < -0.3 is 13.9 Å². The molecule has 4 bridgehead atoms. The molecule has 0 N–H and O–H groups in total. The van der Waals surface area contributed by atoms with Crippen LogP contribution in [0.15, 0.2) is 33.6 Å². The van der Waals surface area contributed by atoms with Crippen molar-refractivity contribution >= 4 is 40.3 Å². The highest BCUT2D eigenvalue weighted by Gasteiger charge is 2.53.